The molecule has 0 aliphatic carbocycles. The lowest BCUT2D eigenvalue weighted by Gasteiger charge is -2.07. The monoisotopic (exact) mass is 278 g/mol. The number of carbonyl (C=O) groups is 1. The molecule has 2 rings (SSSR count). The Kier molecular flexibility index (Phi) is 3.96. The Morgan fingerprint density at radius 3 is 3.05 bits per heavy atom. The fourth-order valence-corrected chi connectivity index (χ4v) is 2.28. The van der Waals surface area contributed by atoms with Gasteiger partial charge in [-0.05, 0) is 35.6 Å². The minimum atomic E-state index is -0.489. The molecule has 0 radical (unpaired) electrons. The van der Waals surface area contributed by atoms with Crippen LogP contribution in [-0.2, 0) is 11.3 Å². The number of hydrogen-bond donors (Lipinski definition) is 2. The number of nitrogens with one attached hydrogen (secondary N) is 1. The van der Waals surface area contributed by atoms with Gasteiger partial charge in [0.05, 0.1) is 7.11 Å². The van der Waals surface area contributed by atoms with Gasteiger partial charge in [-0.3, -0.25) is 4.98 Å². The van der Waals surface area contributed by atoms with Gasteiger partial charge >= 0.3 is 5.97 Å². The van der Waals surface area contributed by atoms with Gasteiger partial charge in [0, 0.05) is 18.9 Å². The lowest BCUT2D eigenvalue weighted by atomic mass is 10.1. The molecule has 0 aromatic carbocycles. The van der Waals surface area contributed by atoms with Crippen LogP contribution in [0.5, 0.6) is 0 Å². The standard InChI is InChI=1S/C12H14N4O2S/c1-7-3-4-14-5-8(7)6-15-11-9(12(17)18-2)10(13)16-19-11/h3-5,15H,6H2,1-2H3,(H2,13,16). The van der Waals surface area contributed by atoms with E-state index >= 15 is 0 Å². The molecule has 7 heteroatoms. The van der Waals surface area contributed by atoms with Crippen LogP contribution >= 0.6 is 11.5 Å². The third kappa shape index (κ3) is 2.82. The van der Waals surface area contributed by atoms with Crippen molar-refractivity contribution in [2.75, 3.05) is 18.2 Å². The molecule has 0 saturated carbocycles. The van der Waals surface area contributed by atoms with Crippen molar-refractivity contribution in [3.8, 4) is 0 Å². The van der Waals surface area contributed by atoms with Crippen molar-refractivity contribution in [1.29, 1.82) is 0 Å². The van der Waals surface area contributed by atoms with Gasteiger partial charge in [0.25, 0.3) is 0 Å². The van der Waals surface area contributed by atoms with Crippen LogP contribution in [0, 0.1) is 6.92 Å². The average molecular weight is 278 g/mol. The van der Waals surface area contributed by atoms with Crippen molar-refractivity contribution in [3.63, 3.8) is 0 Å². The predicted octanol–water partition coefficient (Wildman–Crippen LogP) is 1.83. The van der Waals surface area contributed by atoms with Crippen LogP contribution in [-0.4, -0.2) is 22.4 Å². The summed E-state index contributed by atoms with van der Waals surface area (Å²) in [6, 6.07) is 1.93. The summed E-state index contributed by atoms with van der Waals surface area (Å²) < 4.78 is 8.65. The first-order valence-electron chi connectivity index (χ1n) is 5.60. The Balaban J connectivity index is 2.17. The molecule has 0 bridgehead atoms. The second kappa shape index (κ2) is 5.66. The minimum absolute atomic E-state index is 0.183. The van der Waals surface area contributed by atoms with Crippen molar-refractivity contribution >= 4 is 28.3 Å². The molecular formula is C12H14N4O2S. The second-order valence-corrected chi connectivity index (χ2v) is 4.69. The third-order valence-electron chi connectivity index (χ3n) is 2.69. The first-order chi connectivity index (χ1) is 9.13. The van der Waals surface area contributed by atoms with Gasteiger partial charge in [0.2, 0.25) is 0 Å². The highest BCUT2D eigenvalue weighted by molar-refractivity contribution is 7.11. The lowest BCUT2D eigenvalue weighted by Crippen LogP contribution is -2.08. The summed E-state index contributed by atoms with van der Waals surface area (Å²) in [4.78, 5) is 15.7. The van der Waals surface area contributed by atoms with Crippen molar-refractivity contribution in [3.05, 3.63) is 35.2 Å². The number of aromatic nitrogens is 2. The van der Waals surface area contributed by atoms with E-state index in [9.17, 15) is 4.79 Å². The summed E-state index contributed by atoms with van der Waals surface area (Å²) in [5.41, 5.74) is 8.12. The van der Waals surface area contributed by atoms with Crippen LogP contribution in [0.2, 0.25) is 0 Å². The number of anilines is 2. The number of esters is 1. The van der Waals surface area contributed by atoms with Crippen LogP contribution in [0.4, 0.5) is 10.8 Å². The van der Waals surface area contributed by atoms with Gasteiger partial charge < -0.3 is 15.8 Å². The number of rotatable bonds is 4. The van der Waals surface area contributed by atoms with Crippen LogP contribution < -0.4 is 11.1 Å². The topological polar surface area (TPSA) is 90.1 Å². The Hall–Kier alpha value is -2.15. The van der Waals surface area contributed by atoms with E-state index in [2.05, 4.69) is 19.4 Å². The first kappa shape index (κ1) is 13.3. The van der Waals surface area contributed by atoms with E-state index in [-0.39, 0.29) is 11.4 Å². The minimum Gasteiger partial charge on any atom is -0.465 e. The molecule has 6 nitrogen and oxygen atoms in total. The van der Waals surface area contributed by atoms with Gasteiger partial charge in [-0.2, -0.15) is 4.37 Å². The second-order valence-electron chi connectivity index (χ2n) is 3.92. The number of pyridine rings is 1. The maximum Gasteiger partial charge on any atom is 0.344 e. The maximum absolute atomic E-state index is 11.6. The van der Waals surface area contributed by atoms with Gasteiger partial charge in [-0.15, -0.1) is 0 Å². The van der Waals surface area contributed by atoms with E-state index < -0.39 is 5.97 Å². The molecule has 0 unspecified atom stereocenters. The van der Waals surface area contributed by atoms with E-state index in [1.165, 1.54) is 7.11 Å². The molecule has 2 aromatic heterocycles. The van der Waals surface area contributed by atoms with Crippen molar-refractivity contribution < 1.29 is 9.53 Å². The van der Waals surface area contributed by atoms with Crippen molar-refractivity contribution in [1.82, 2.24) is 9.36 Å². The summed E-state index contributed by atoms with van der Waals surface area (Å²) in [7, 11) is 1.31. The summed E-state index contributed by atoms with van der Waals surface area (Å²) in [6.07, 6.45) is 3.52. The number of carbonyl (C=O) groups excluding carboxylic acids is 1. The average Bonchev–Trinajstić information content (AvgIpc) is 2.78. The Labute approximate surface area is 114 Å². The lowest BCUT2D eigenvalue weighted by molar-refractivity contribution is 0.0603. The normalized spacial score (nSPS) is 10.2. The molecule has 0 spiro atoms. The molecule has 3 N–H and O–H groups in total. The van der Waals surface area contributed by atoms with Gasteiger partial charge in [-0.1, -0.05) is 0 Å². The number of nitrogens with two attached hydrogens (primary N) is 1. The van der Waals surface area contributed by atoms with Gasteiger partial charge in [0.15, 0.2) is 5.82 Å². The summed E-state index contributed by atoms with van der Waals surface area (Å²) >= 11 is 1.14. The zero-order valence-corrected chi connectivity index (χ0v) is 11.5. The highest BCUT2D eigenvalue weighted by atomic mass is 32.1. The highest BCUT2D eigenvalue weighted by Crippen LogP contribution is 2.28. The third-order valence-corrected chi connectivity index (χ3v) is 3.51. The molecule has 0 aliphatic heterocycles. The molecule has 0 aliphatic rings. The molecule has 2 aromatic rings. The molecule has 2 heterocycles. The number of aryl methyl sites for hydroxylation is 1. The Morgan fingerprint density at radius 2 is 2.37 bits per heavy atom. The molecule has 0 saturated heterocycles. The number of nitrogens with zero attached hydrogens (tertiary/aromatic N) is 2. The van der Waals surface area contributed by atoms with Gasteiger partial charge in [-0.25, -0.2) is 4.79 Å². The number of hydrogen-bond acceptors (Lipinski definition) is 7. The Morgan fingerprint density at radius 1 is 1.58 bits per heavy atom. The van der Waals surface area contributed by atoms with Crippen LogP contribution in [0.15, 0.2) is 18.5 Å². The quantitative estimate of drug-likeness (QED) is 0.829. The summed E-state index contributed by atoms with van der Waals surface area (Å²) in [6.45, 7) is 2.55. The van der Waals surface area contributed by atoms with E-state index in [1.54, 1.807) is 12.4 Å². The molecule has 0 amide bonds. The molecular weight excluding hydrogens is 264 g/mol. The van der Waals surface area contributed by atoms with E-state index in [4.69, 9.17) is 5.73 Å². The fourth-order valence-electron chi connectivity index (χ4n) is 1.58. The molecule has 100 valence electrons. The van der Waals surface area contributed by atoms with Crippen molar-refractivity contribution in [2.45, 2.75) is 13.5 Å². The summed E-state index contributed by atoms with van der Waals surface area (Å²) in [5, 5.41) is 3.75. The molecule has 19 heavy (non-hydrogen) atoms. The summed E-state index contributed by atoms with van der Waals surface area (Å²) in [5.74, 6) is -0.307. The van der Waals surface area contributed by atoms with Crippen molar-refractivity contribution in [2.24, 2.45) is 0 Å². The smallest absolute Gasteiger partial charge is 0.344 e. The van der Waals surface area contributed by atoms with Gasteiger partial charge in [0.1, 0.15) is 10.6 Å². The van der Waals surface area contributed by atoms with Crippen LogP contribution in [0.1, 0.15) is 21.5 Å². The SMILES string of the molecule is COC(=O)c1c(N)nsc1NCc1cnccc1C. The zero-order chi connectivity index (χ0) is 13.8. The Bertz CT molecular complexity index is 597. The first-order valence-corrected chi connectivity index (χ1v) is 6.37. The van der Waals surface area contributed by atoms with E-state index in [0.29, 0.717) is 11.5 Å². The molecule has 0 fully saturated rings. The number of methoxy groups -OCH3 is 1. The number of nitrogen functional groups attached to an aromatic ring is 1. The largest absolute Gasteiger partial charge is 0.465 e. The number of ether oxygens (including phenoxy) is 1. The maximum atomic E-state index is 11.6. The van der Waals surface area contributed by atoms with E-state index in [1.807, 2.05) is 13.0 Å². The zero-order valence-electron chi connectivity index (χ0n) is 10.6. The predicted molar refractivity (Wildman–Crippen MR) is 74.2 cm³/mol. The van der Waals surface area contributed by atoms with Crippen LogP contribution in [0.25, 0.3) is 0 Å². The van der Waals surface area contributed by atoms with E-state index in [0.717, 1.165) is 22.7 Å². The molecule has 0 atom stereocenters. The van der Waals surface area contributed by atoms with Crippen LogP contribution in [0.3, 0.4) is 0 Å². The fraction of sp³-hybridized carbons (Fsp3) is 0.250. The highest BCUT2D eigenvalue weighted by Gasteiger charge is 2.19.